The number of thioether (sulfide) groups is 1. The minimum Gasteiger partial charge on any atom is -0.312 e. The van der Waals surface area contributed by atoms with Gasteiger partial charge in [-0.2, -0.15) is 0 Å². The molecule has 0 spiro atoms. The fourth-order valence-electron chi connectivity index (χ4n) is 2.16. The van der Waals surface area contributed by atoms with Crippen LogP contribution in [0.3, 0.4) is 0 Å². The fraction of sp³-hybridized carbons (Fsp3) is 0.429. The van der Waals surface area contributed by atoms with E-state index in [0.29, 0.717) is 6.54 Å². The van der Waals surface area contributed by atoms with E-state index < -0.39 is 0 Å². The molecule has 1 atom stereocenters. The second kappa shape index (κ2) is 6.76. The maximum absolute atomic E-state index is 11.5. The van der Waals surface area contributed by atoms with Crippen LogP contribution in [0.5, 0.6) is 0 Å². The SMILES string of the molecule is CCn1c(SCC(NC)c2ccccc2C)n[nH]c1=O. The minimum absolute atomic E-state index is 0.146. The van der Waals surface area contributed by atoms with Crippen LogP contribution >= 0.6 is 11.8 Å². The molecule has 0 bridgehead atoms. The van der Waals surface area contributed by atoms with Gasteiger partial charge in [-0.15, -0.1) is 5.10 Å². The average molecular weight is 292 g/mol. The molecular weight excluding hydrogens is 272 g/mol. The van der Waals surface area contributed by atoms with Crippen molar-refractivity contribution >= 4 is 11.8 Å². The maximum atomic E-state index is 11.5. The topological polar surface area (TPSA) is 62.7 Å². The van der Waals surface area contributed by atoms with Gasteiger partial charge in [0.25, 0.3) is 0 Å². The Balaban J connectivity index is 2.12. The highest BCUT2D eigenvalue weighted by molar-refractivity contribution is 7.99. The summed E-state index contributed by atoms with van der Waals surface area (Å²) >= 11 is 1.59. The van der Waals surface area contributed by atoms with Crippen molar-refractivity contribution in [2.24, 2.45) is 0 Å². The van der Waals surface area contributed by atoms with Crippen molar-refractivity contribution in [3.8, 4) is 0 Å². The van der Waals surface area contributed by atoms with Crippen molar-refractivity contribution in [1.82, 2.24) is 20.1 Å². The highest BCUT2D eigenvalue weighted by atomic mass is 32.2. The maximum Gasteiger partial charge on any atom is 0.343 e. The summed E-state index contributed by atoms with van der Waals surface area (Å²) in [4.78, 5) is 11.5. The van der Waals surface area contributed by atoms with Crippen molar-refractivity contribution < 1.29 is 0 Å². The Labute approximate surface area is 122 Å². The molecule has 0 radical (unpaired) electrons. The number of rotatable bonds is 6. The molecule has 2 rings (SSSR count). The van der Waals surface area contributed by atoms with Gasteiger partial charge in [-0.05, 0) is 32.0 Å². The Morgan fingerprint density at radius 2 is 2.20 bits per heavy atom. The number of nitrogens with one attached hydrogen (secondary N) is 2. The number of H-pyrrole nitrogens is 1. The van der Waals surface area contributed by atoms with Gasteiger partial charge in [-0.1, -0.05) is 36.0 Å². The molecule has 0 aliphatic carbocycles. The Morgan fingerprint density at radius 1 is 1.45 bits per heavy atom. The average Bonchev–Trinajstić information content (AvgIpc) is 2.81. The molecule has 0 saturated heterocycles. The van der Waals surface area contributed by atoms with Gasteiger partial charge in [-0.25, -0.2) is 9.89 Å². The first kappa shape index (κ1) is 14.9. The molecule has 2 N–H and O–H groups in total. The Morgan fingerprint density at radius 3 is 2.85 bits per heavy atom. The third-order valence-electron chi connectivity index (χ3n) is 3.33. The highest BCUT2D eigenvalue weighted by Crippen LogP contribution is 2.24. The van der Waals surface area contributed by atoms with Gasteiger partial charge in [0.05, 0.1) is 0 Å². The lowest BCUT2D eigenvalue weighted by Gasteiger charge is -2.18. The van der Waals surface area contributed by atoms with Gasteiger partial charge in [-0.3, -0.25) is 4.57 Å². The largest absolute Gasteiger partial charge is 0.343 e. The zero-order chi connectivity index (χ0) is 14.5. The van der Waals surface area contributed by atoms with Crippen LogP contribution in [-0.2, 0) is 6.54 Å². The van der Waals surface area contributed by atoms with Gasteiger partial charge in [0.15, 0.2) is 5.16 Å². The first-order valence-corrected chi connectivity index (χ1v) is 7.66. The molecular formula is C14H20N4OS. The number of hydrogen-bond acceptors (Lipinski definition) is 4. The molecule has 2 aromatic rings. The van der Waals surface area contributed by atoms with Gasteiger partial charge < -0.3 is 5.32 Å². The highest BCUT2D eigenvalue weighted by Gasteiger charge is 2.14. The number of hydrogen-bond donors (Lipinski definition) is 2. The van der Waals surface area contributed by atoms with E-state index in [0.717, 1.165) is 10.9 Å². The lowest BCUT2D eigenvalue weighted by molar-refractivity contribution is 0.643. The van der Waals surface area contributed by atoms with Crippen LogP contribution in [0, 0.1) is 6.92 Å². The van der Waals surface area contributed by atoms with Gasteiger partial charge in [0.1, 0.15) is 0 Å². The van der Waals surface area contributed by atoms with Crippen LogP contribution in [0.1, 0.15) is 24.1 Å². The molecule has 6 heteroatoms. The number of aryl methyl sites for hydroxylation is 1. The van der Waals surface area contributed by atoms with Crippen LogP contribution in [-0.4, -0.2) is 27.6 Å². The molecule has 108 valence electrons. The third kappa shape index (κ3) is 3.13. The molecule has 0 fully saturated rings. The summed E-state index contributed by atoms with van der Waals surface area (Å²) in [6.07, 6.45) is 0. The number of benzene rings is 1. The fourth-order valence-corrected chi connectivity index (χ4v) is 3.30. The molecule has 0 aliphatic heterocycles. The van der Waals surface area contributed by atoms with Crippen molar-refractivity contribution in [3.63, 3.8) is 0 Å². The van der Waals surface area contributed by atoms with E-state index in [9.17, 15) is 4.79 Å². The smallest absolute Gasteiger partial charge is 0.312 e. The zero-order valence-corrected chi connectivity index (χ0v) is 12.8. The summed E-state index contributed by atoms with van der Waals surface area (Å²) in [6.45, 7) is 4.69. The number of aromatic amines is 1. The van der Waals surface area contributed by atoms with E-state index in [-0.39, 0.29) is 11.7 Å². The van der Waals surface area contributed by atoms with Gasteiger partial charge in [0.2, 0.25) is 0 Å². The lowest BCUT2D eigenvalue weighted by atomic mass is 10.0. The Hall–Kier alpha value is -1.53. The monoisotopic (exact) mass is 292 g/mol. The van der Waals surface area contributed by atoms with Crippen molar-refractivity contribution in [3.05, 3.63) is 45.9 Å². The molecule has 1 aromatic heterocycles. The number of nitrogens with zero attached hydrogens (tertiary/aromatic N) is 2. The molecule has 0 amide bonds. The van der Waals surface area contributed by atoms with E-state index >= 15 is 0 Å². The molecule has 0 aliphatic rings. The van der Waals surface area contributed by atoms with E-state index in [4.69, 9.17) is 0 Å². The zero-order valence-electron chi connectivity index (χ0n) is 12.0. The van der Waals surface area contributed by atoms with E-state index in [1.807, 2.05) is 26.1 Å². The predicted octanol–water partition coefficient (Wildman–Crippen LogP) is 1.95. The van der Waals surface area contributed by atoms with Crippen LogP contribution in [0.25, 0.3) is 0 Å². The molecule has 1 aromatic carbocycles. The first-order chi connectivity index (χ1) is 9.67. The summed E-state index contributed by atoms with van der Waals surface area (Å²) in [6, 6.07) is 8.57. The summed E-state index contributed by atoms with van der Waals surface area (Å²) in [7, 11) is 1.95. The van der Waals surface area contributed by atoms with E-state index in [1.54, 1.807) is 16.3 Å². The van der Waals surface area contributed by atoms with Crippen molar-refractivity contribution in [1.29, 1.82) is 0 Å². The quantitative estimate of drug-likeness (QED) is 0.799. The summed E-state index contributed by atoms with van der Waals surface area (Å²) in [5.74, 6) is 0.825. The van der Waals surface area contributed by atoms with Crippen LogP contribution < -0.4 is 11.0 Å². The summed E-state index contributed by atoms with van der Waals surface area (Å²) in [5.41, 5.74) is 2.40. The standard InChI is InChI=1S/C14H20N4OS/c1-4-18-13(19)16-17-14(18)20-9-12(15-3)11-8-6-5-7-10(11)2/h5-8,12,15H,4,9H2,1-3H3,(H,16,19). The van der Waals surface area contributed by atoms with Crippen molar-refractivity contribution in [2.45, 2.75) is 31.6 Å². The lowest BCUT2D eigenvalue weighted by Crippen LogP contribution is -2.20. The van der Waals surface area contributed by atoms with E-state index in [2.05, 4.69) is 34.6 Å². The van der Waals surface area contributed by atoms with Crippen LogP contribution in [0.4, 0.5) is 0 Å². The van der Waals surface area contributed by atoms with Gasteiger partial charge >= 0.3 is 5.69 Å². The molecule has 1 heterocycles. The summed E-state index contributed by atoms with van der Waals surface area (Å²) in [5, 5.41) is 10.6. The second-order valence-corrected chi connectivity index (χ2v) is 5.55. The molecule has 1 unspecified atom stereocenters. The second-order valence-electron chi connectivity index (χ2n) is 4.56. The van der Waals surface area contributed by atoms with Crippen LogP contribution in [0.15, 0.2) is 34.2 Å². The van der Waals surface area contributed by atoms with E-state index in [1.165, 1.54) is 11.1 Å². The third-order valence-corrected chi connectivity index (χ3v) is 4.40. The molecule has 20 heavy (non-hydrogen) atoms. The predicted molar refractivity (Wildman–Crippen MR) is 82.2 cm³/mol. The minimum atomic E-state index is -0.146. The van der Waals surface area contributed by atoms with Gasteiger partial charge in [0, 0.05) is 18.3 Å². The molecule has 5 nitrogen and oxygen atoms in total. The van der Waals surface area contributed by atoms with Crippen molar-refractivity contribution in [2.75, 3.05) is 12.8 Å². The number of aromatic nitrogens is 3. The normalized spacial score (nSPS) is 12.6. The van der Waals surface area contributed by atoms with Crippen LogP contribution in [0.2, 0.25) is 0 Å². The Bertz CT molecular complexity index is 620. The first-order valence-electron chi connectivity index (χ1n) is 6.68. The Kier molecular flexibility index (Phi) is 5.03. The summed E-state index contributed by atoms with van der Waals surface area (Å²) < 4.78 is 1.65. The molecule has 0 saturated carbocycles.